The number of nitrogen functional groups attached to an aromatic ring is 1. The van der Waals surface area contributed by atoms with Gasteiger partial charge in [0.2, 0.25) is 0 Å². The minimum absolute atomic E-state index is 0.559. The van der Waals surface area contributed by atoms with Gasteiger partial charge in [-0.15, -0.1) is 0 Å². The van der Waals surface area contributed by atoms with Crippen molar-refractivity contribution in [3.63, 3.8) is 0 Å². The van der Waals surface area contributed by atoms with Crippen LogP contribution >= 0.6 is 0 Å². The standard InChI is InChI=1S/C23H23N5/c1-3-28(20-15-9-11-17-10-7-8-14-19(17)20)23-21(24)22(25-16-26-23)27(2)18-12-5-4-6-13-18/h4-16H,3,24H2,1-2H3. The number of anilines is 5. The van der Waals surface area contributed by atoms with Crippen LogP contribution in [0.5, 0.6) is 0 Å². The summed E-state index contributed by atoms with van der Waals surface area (Å²) in [6.07, 6.45) is 1.58. The van der Waals surface area contributed by atoms with E-state index in [-0.39, 0.29) is 0 Å². The fourth-order valence-electron chi connectivity index (χ4n) is 3.51. The highest BCUT2D eigenvalue weighted by Crippen LogP contribution is 2.37. The first-order valence-corrected chi connectivity index (χ1v) is 9.35. The van der Waals surface area contributed by atoms with E-state index in [1.807, 2.05) is 48.3 Å². The third kappa shape index (κ3) is 3.11. The number of nitrogens with zero attached hydrogens (tertiary/aromatic N) is 4. The van der Waals surface area contributed by atoms with Crippen LogP contribution in [-0.4, -0.2) is 23.6 Å². The highest BCUT2D eigenvalue weighted by molar-refractivity contribution is 5.97. The van der Waals surface area contributed by atoms with Gasteiger partial charge >= 0.3 is 0 Å². The first-order chi connectivity index (χ1) is 13.7. The highest BCUT2D eigenvalue weighted by atomic mass is 15.2. The van der Waals surface area contributed by atoms with E-state index in [2.05, 4.69) is 58.2 Å². The number of aromatic nitrogens is 2. The Bertz CT molecular complexity index is 1090. The maximum Gasteiger partial charge on any atom is 0.161 e. The van der Waals surface area contributed by atoms with Crippen LogP contribution in [0.15, 0.2) is 79.1 Å². The Morgan fingerprint density at radius 3 is 2.29 bits per heavy atom. The molecule has 5 nitrogen and oxygen atoms in total. The Morgan fingerprint density at radius 2 is 1.50 bits per heavy atom. The number of para-hydroxylation sites is 1. The van der Waals surface area contributed by atoms with Crippen molar-refractivity contribution in [2.24, 2.45) is 0 Å². The van der Waals surface area contributed by atoms with Crippen LogP contribution in [0.25, 0.3) is 10.8 Å². The van der Waals surface area contributed by atoms with Gasteiger partial charge in [0.1, 0.15) is 12.0 Å². The molecular weight excluding hydrogens is 346 g/mol. The van der Waals surface area contributed by atoms with Crippen LogP contribution in [0.3, 0.4) is 0 Å². The molecule has 1 aromatic heterocycles. The molecule has 4 aromatic rings. The molecule has 0 spiro atoms. The molecule has 0 fully saturated rings. The summed E-state index contributed by atoms with van der Waals surface area (Å²) in [4.78, 5) is 13.1. The fraction of sp³-hybridized carbons (Fsp3) is 0.130. The predicted molar refractivity (Wildman–Crippen MR) is 118 cm³/mol. The molecule has 2 N–H and O–H groups in total. The Balaban J connectivity index is 1.82. The van der Waals surface area contributed by atoms with Gasteiger partial charge in [-0.1, -0.05) is 54.6 Å². The van der Waals surface area contributed by atoms with Crippen LogP contribution in [0, 0.1) is 0 Å². The van der Waals surface area contributed by atoms with Crippen molar-refractivity contribution in [2.45, 2.75) is 6.92 Å². The fourth-order valence-corrected chi connectivity index (χ4v) is 3.51. The molecule has 140 valence electrons. The summed E-state index contributed by atoms with van der Waals surface area (Å²) < 4.78 is 0. The minimum Gasteiger partial charge on any atom is -0.393 e. The Kier molecular flexibility index (Phi) is 4.81. The normalized spacial score (nSPS) is 10.8. The predicted octanol–water partition coefficient (Wildman–Crippen LogP) is 5.14. The van der Waals surface area contributed by atoms with Gasteiger partial charge in [0.05, 0.1) is 5.69 Å². The molecule has 28 heavy (non-hydrogen) atoms. The van der Waals surface area contributed by atoms with Crippen molar-refractivity contribution in [3.8, 4) is 0 Å². The second-order valence-electron chi connectivity index (χ2n) is 6.57. The molecular formula is C23H23N5. The number of fused-ring (bicyclic) bond motifs is 1. The molecule has 0 amide bonds. The number of benzene rings is 3. The topological polar surface area (TPSA) is 58.3 Å². The van der Waals surface area contributed by atoms with Gasteiger partial charge < -0.3 is 15.5 Å². The molecule has 0 atom stereocenters. The molecule has 0 aliphatic rings. The third-order valence-electron chi connectivity index (χ3n) is 4.93. The molecule has 0 bridgehead atoms. The van der Waals surface area contributed by atoms with Crippen molar-refractivity contribution in [1.29, 1.82) is 0 Å². The molecule has 3 aromatic carbocycles. The SMILES string of the molecule is CCN(c1ncnc(N(C)c2ccccc2)c1N)c1cccc2ccccc12. The summed E-state index contributed by atoms with van der Waals surface area (Å²) >= 11 is 0. The van der Waals surface area contributed by atoms with Crippen LogP contribution in [0.4, 0.5) is 28.7 Å². The zero-order valence-electron chi connectivity index (χ0n) is 16.1. The first-order valence-electron chi connectivity index (χ1n) is 9.35. The maximum atomic E-state index is 6.57. The van der Waals surface area contributed by atoms with Crippen molar-refractivity contribution >= 4 is 39.5 Å². The second-order valence-corrected chi connectivity index (χ2v) is 6.57. The Labute approximate surface area is 165 Å². The van der Waals surface area contributed by atoms with Crippen LogP contribution < -0.4 is 15.5 Å². The molecule has 0 radical (unpaired) electrons. The molecule has 0 unspecified atom stereocenters. The lowest BCUT2D eigenvalue weighted by Crippen LogP contribution is -2.22. The van der Waals surface area contributed by atoms with Gasteiger partial charge in [-0.25, -0.2) is 9.97 Å². The van der Waals surface area contributed by atoms with Crippen LogP contribution in [-0.2, 0) is 0 Å². The number of nitrogens with two attached hydrogens (primary N) is 1. The van der Waals surface area contributed by atoms with Crippen molar-refractivity contribution in [3.05, 3.63) is 79.1 Å². The van der Waals surface area contributed by atoms with Gasteiger partial charge in [-0.2, -0.15) is 0 Å². The van der Waals surface area contributed by atoms with Gasteiger partial charge in [0, 0.05) is 24.7 Å². The zero-order valence-corrected chi connectivity index (χ0v) is 16.1. The second kappa shape index (κ2) is 7.56. The third-order valence-corrected chi connectivity index (χ3v) is 4.93. The molecule has 4 rings (SSSR count). The summed E-state index contributed by atoms with van der Waals surface area (Å²) in [6, 6.07) is 24.7. The van der Waals surface area contributed by atoms with Crippen molar-refractivity contribution < 1.29 is 0 Å². The van der Waals surface area contributed by atoms with E-state index in [1.165, 1.54) is 10.8 Å². The van der Waals surface area contributed by atoms with E-state index in [4.69, 9.17) is 5.73 Å². The summed E-state index contributed by atoms with van der Waals surface area (Å²) in [5.41, 5.74) is 9.23. The summed E-state index contributed by atoms with van der Waals surface area (Å²) in [5, 5.41) is 2.36. The largest absolute Gasteiger partial charge is 0.393 e. The number of rotatable bonds is 5. The number of hydrogen-bond acceptors (Lipinski definition) is 5. The average molecular weight is 369 g/mol. The Morgan fingerprint density at radius 1 is 0.821 bits per heavy atom. The van der Waals surface area contributed by atoms with E-state index in [0.717, 1.165) is 17.9 Å². The lowest BCUT2D eigenvalue weighted by Gasteiger charge is -2.27. The van der Waals surface area contributed by atoms with Gasteiger partial charge in [-0.3, -0.25) is 0 Å². The van der Waals surface area contributed by atoms with E-state index in [0.29, 0.717) is 17.3 Å². The summed E-state index contributed by atoms with van der Waals surface area (Å²) in [5.74, 6) is 1.40. The lowest BCUT2D eigenvalue weighted by molar-refractivity contribution is 0.976. The molecule has 1 heterocycles. The van der Waals surface area contributed by atoms with E-state index < -0.39 is 0 Å². The van der Waals surface area contributed by atoms with Gasteiger partial charge in [0.15, 0.2) is 11.6 Å². The quantitative estimate of drug-likeness (QED) is 0.528. The molecule has 0 saturated heterocycles. The van der Waals surface area contributed by atoms with E-state index in [9.17, 15) is 0 Å². The van der Waals surface area contributed by atoms with E-state index >= 15 is 0 Å². The van der Waals surface area contributed by atoms with Crippen molar-refractivity contribution in [1.82, 2.24) is 9.97 Å². The molecule has 5 heteroatoms. The molecule has 0 aliphatic carbocycles. The minimum atomic E-state index is 0.559. The smallest absolute Gasteiger partial charge is 0.161 e. The zero-order chi connectivity index (χ0) is 19.5. The molecule has 0 saturated carbocycles. The Hall–Kier alpha value is -3.60. The summed E-state index contributed by atoms with van der Waals surface area (Å²) in [6.45, 7) is 2.84. The monoisotopic (exact) mass is 369 g/mol. The van der Waals surface area contributed by atoms with E-state index in [1.54, 1.807) is 6.33 Å². The first kappa shape index (κ1) is 17.8. The van der Waals surface area contributed by atoms with Crippen LogP contribution in [0.2, 0.25) is 0 Å². The van der Waals surface area contributed by atoms with Crippen LogP contribution in [0.1, 0.15) is 6.92 Å². The molecule has 0 aliphatic heterocycles. The van der Waals surface area contributed by atoms with Gasteiger partial charge in [0.25, 0.3) is 0 Å². The van der Waals surface area contributed by atoms with Gasteiger partial charge in [-0.05, 0) is 30.5 Å². The van der Waals surface area contributed by atoms with Crippen molar-refractivity contribution in [2.75, 3.05) is 29.1 Å². The highest BCUT2D eigenvalue weighted by Gasteiger charge is 2.19. The number of hydrogen-bond donors (Lipinski definition) is 1. The maximum absolute atomic E-state index is 6.57. The summed E-state index contributed by atoms with van der Waals surface area (Å²) in [7, 11) is 1.96. The average Bonchev–Trinajstić information content (AvgIpc) is 2.76. The lowest BCUT2D eigenvalue weighted by atomic mass is 10.1.